The van der Waals surface area contributed by atoms with Crippen LogP contribution in [-0.2, 0) is 4.74 Å². The van der Waals surface area contributed by atoms with Crippen LogP contribution in [0.2, 0.25) is 0 Å². The van der Waals surface area contributed by atoms with Crippen LogP contribution in [0, 0.1) is 11.3 Å². The molecule has 0 atom stereocenters. The Morgan fingerprint density at radius 1 is 1.43 bits per heavy atom. The van der Waals surface area contributed by atoms with Crippen LogP contribution < -0.4 is 0 Å². The third-order valence-corrected chi connectivity index (χ3v) is 1.61. The van der Waals surface area contributed by atoms with Crippen LogP contribution in [0.3, 0.4) is 0 Å². The zero-order valence-corrected chi connectivity index (χ0v) is 8.15. The van der Waals surface area contributed by atoms with Gasteiger partial charge in [-0.05, 0) is 26.0 Å². The maximum absolute atomic E-state index is 11.5. The summed E-state index contributed by atoms with van der Waals surface area (Å²) >= 11 is 0. The van der Waals surface area contributed by atoms with Crippen molar-refractivity contribution in [3.05, 3.63) is 35.4 Å². The minimum absolute atomic E-state index is 0.172. The molecule has 0 aliphatic rings. The van der Waals surface area contributed by atoms with Gasteiger partial charge in [0.05, 0.1) is 17.2 Å². The van der Waals surface area contributed by atoms with Crippen LogP contribution in [-0.4, -0.2) is 12.1 Å². The molecule has 0 bridgehead atoms. The average molecular weight is 189 g/mol. The van der Waals surface area contributed by atoms with Gasteiger partial charge in [-0.1, -0.05) is 12.1 Å². The van der Waals surface area contributed by atoms with Gasteiger partial charge in [0.1, 0.15) is 6.07 Å². The van der Waals surface area contributed by atoms with Gasteiger partial charge >= 0.3 is 5.97 Å². The Hall–Kier alpha value is -1.82. The van der Waals surface area contributed by atoms with Crippen molar-refractivity contribution >= 4 is 5.97 Å². The number of benzene rings is 1. The van der Waals surface area contributed by atoms with Crippen LogP contribution in [0.1, 0.15) is 29.8 Å². The first-order valence-corrected chi connectivity index (χ1v) is 4.35. The fourth-order valence-corrected chi connectivity index (χ4v) is 1.04. The van der Waals surface area contributed by atoms with Crippen LogP contribution in [0.5, 0.6) is 0 Å². The fourth-order valence-electron chi connectivity index (χ4n) is 1.04. The minimum atomic E-state index is -0.447. The second-order valence-electron chi connectivity index (χ2n) is 3.11. The zero-order valence-electron chi connectivity index (χ0n) is 8.15. The van der Waals surface area contributed by atoms with Crippen LogP contribution >= 0.6 is 0 Å². The predicted molar refractivity (Wildman–Crippen MR) is 51.7 cm³/mol. The third-order valence-electron chi connectivity index (χ3n) is 1.61. The molecule has 0 amide bonds. The van der Waals surface area contributed by atoms with Gasteiger partial charge < -0.3 is 4.74 Å². The van der Waals surface area contributed by atoms with Gasteiger partial charge in [-0.25, -0.2) is 4.79 Å². The highest BCUT2D eigenvalue weighted by molar-refractivity contribution is 5.92. The molecule has 0 aliphatic heterocycles. The molecule has 0 fully saturated rings. The molecule has 14 heavy (non-hydrogen) atoms. The number of carbonyl (C=O) groups excluding carboxylic acids is 1. The lowest BCUT2D eigenvalue weighted by atomic mass is 10.1. The summed E-state index contributed by atoms with van der Waals surface area (Å²) in [6, 6.07) is 8.55. The van der Waals surface area contributed by atoms with Gasteiger partial charge in [-0.3, -0.25) is 0 Å². The van der Waals surface area contributed by atoms with Gasteiger partial charge in [0.15, 0.2) is 0 Å². The molecule has 3 heteroatoms. The van der Waals surface area contributed by atoms with Crippen molar-refractivity contribution in [2.24, 2.45) is 0 Å². The number of nitriles is 1. The molecule has 0 saturated heterocycles. The summed E-state index contributed by atoms with van der Waals surface area (Å²) in [6.07, 6.45) is -0.172. The molecule has 0 spiro atoms. The highest BCUT2D eigenvalue weighted by Gasteiger charge is 2.12. The first-order chi connectivity index (χ1) is 6.65. The zero-order chi connectivity index (χ0) is 10.6. The topological polar surface area (TPSA) is 50.1 Å². The predicted octanol–water partition coefficient (Wildman–Crippen LogP) is 2.12. The lowest BCUT2D eigenvalue weighted by Gasteiger charge is -2.08. The molecule has 3 nitrogen and oxygen atoms in total. The number of nitrogens with zero attached hydrogens (tertiary/aromatic N) is 1. The Morgan fingerprint density at radius 2 is 2.07 bits per heavy atom. The van der Waals surface area contributed by atoms with E-state index in [1.165, 1.54) is 0 Å². The third kappa shape index (κ3) is 2.33. The highest BCUT2D eigenvalue weighted by Crippen LogP contribution is 2.09. The van der Waals surface area contributed by atoms with Crippen LogP contribution in [0.25, 0.3) is 0 Å². The van der Waals surface area contributed by atoms with Gasteiger partial charge in [0, 0.05) is 0 Å². The molecule has 1 rings (SSSR count). The summed E-state index contributed by atoms with van der Waals surface area (Å²) in [5, 5.41) is 8.74. The number of ether oxygens (including phenoxy) is 1. The van der Waals surface area contributed by atoms with Crippen molar-refractivity contribution in [1.82, 2.24) is 0 Å². The Kier molecular flexibility index (Phi) is 3.24. The Balaban J connectivity index is 2.96. The lowest BCUT2D eigenvalue weighted by molar-refractivity contribution is 0.0377. The monoisotopic (exact) mass is 189 g/mol. The lowest BCUT2D eigenvalue weighted by Crippen LogP contribution is -2.12. The normalized spacial score (nSPS) is 9.57. The number of hydrogen-bond donors (Lipinski definition) is 0. The largest absolute Gasteiger partial charge is 0.459 e. The fraction of sp³-hybridized carbons (Fsp3) is 0.273. The summed E-state index contributed by atoms with van der Waals surface area (Å²) in [4.78, 5) is 11.5. The molecular weight excluding hydrogens is 178 g/mol. The molecular formula is C11H11NO2. The van der Waals surface area contributed by atoms with E-state index in [2.05, 4.69) is 0 Å². The van der Waals surface area contributed by atoms with Gasteiger partial charge in [-0.2, -0.15) is 5.26 Å². The SMILES string of the molecule is CC(C)OC(=O)c1ccccc1C#N. The number of rotatable bonds is 2. The Bertz CT molecular complexity index is 377. The number of esters is 1. The second-order valence-corrected chi connectivity index (χ2v) is 3.11. The second kappa shape index (κ2) is 4.43. The van der Waals surface area contributed by atoms with E-state index < -0.39 is 5.97 Å². The first-order valence-electron chi connectivity index (χ1n) is 4.35. The summed E-state index contributed by atoms with van der Waals surface area (Å²) in [5.74, 6) is -0.447. The molecule has 0 aliphatic carbocycles. The van der Waals surface area contributed by atoms with Crippen LogP contribution in [0.4, 0.5) is 0 Å². The van der Waals surface area contributed by atoms with E-state index in [1.807, 2.05) is 6.07 Å². The van der Waals surface area contributed by atoms with Crippen molar-refractivity contribution in [3.8, 4) is 6.07 Å². The van der Waals surface area contributed by atoms with E-state index in [4.69, 9.17) is 10.00 Å². The molecule has 0 radical (unpaired) electrons. The van der Waals surface area contributed by atoms with Gasteiger partial charge in [0.2, 0.25) is 0 Å². The summed E-state index contributed by atoms with van der Waals surface area (Å²) in [7, 11) is 0. The molecule has 0 saturated carbocycles. The van der Waals surface area contributed by atoms with Crippen molar-refractivity contribution in [1.29, 1.82) is 5.26 Å². The highest BCUT2D eigenvalue weighted by atomic mass is 16.5. The summed E-state index contributed by atoms with van der Waals surface area (Å²) in [6.45, 7) is 3.54. The van der Waals surface area contributed by atoms with Gasteiger partial charge in [-0.15, -0.1) is 0 Å². The van der Waals surface area contributed by atoms with Gasteiger partial charge in [0.25, 0.3) is 0 Å². The standard InChI is InChI=1S/C11H11NO2/c1-8(2)14-11(13)10-6-4-3-5-9(10)7-12/h3-6,8H,1-2H3. The number of carbonyl (C=O) groups is 1. The van der Waals surface area contributed by atoms with E-state index in [9.17, 15) is 4.79 Å². The molecule has 1 aromatic rings. The Labute approximate surface area is 82.9 Å². The molecule has 1 aromatic carbocycles. The van der Waals surface area contributed by atoms with Crippen molar-refractivity contribution < 1.29 is 9.53 Å². The number of hydrogen-bond acceptors (Lipinski definition) is 3. The van der Waals surface area contributed by atoms with Crippen molar-refractivity contribution in [2.45, 2.75) is 20.0 Å². The van der Waals surface area contributed by atoms with E-state index in [0.717, 1.165) is 0 Å². The Morgan fingerprint density at radius 3 is 2.64 bits per heavy atom. The maximum atomic E-state index is 11.5. The molecule has 0 N–H and O–H groups in total. The average Bonchev–Trinajstić information content (AvgIpc) is 2.16. The molecule has 0 unspecified atom stereocenters. The summed E-state index contributed by atoms with van der Waals surface area (Å²) < 4.78 is 4.99. The maximum Gasteiger partial charge on any atom is 0.339 e. The van der Waals surface area contributed by atoms with E-state index in [-0.39, 0.29) is 6.10 Å². The molecule has 72 valence electrons. The summed E-state index contributed by atoms with van der Waals surface area (Å²) in [5.41, 5.74) is 0.668. The molecule has 0 aromatic heterocycles. The quantitative estimate of drug-likeness (QED) is 0.669. The van der Waals surface area contributed by atoms with Crippen LogP contribution in [0.15, 0.2) is 24.3 Å². The van der Waals surface area contributed by atoms with E-state index in [1.54, 1.807) is 38.1 Å². The smallest absolute Gasteiger partial charge is 0.339 e. The van der Waals surface area contributed by atoms with Crippen molar-refractivity contribution in [3.63, 3.8) is 0 Å². The van der Waals surface area contributed by atoms with E-state index in [0.29, 0.717) is 11.1 Å². The minimum Gasteiger partial charge on any atom is -0.459 e. The van der Waals surface area contributed by atoms with E-state index >= 15 is 0 Å². The molecule has 0 heterocycles. The first kappa shape index (κ1) is 10.3. The van der Waals surface area contributed by atoms with Crippen molar-refractivity contribution in [2.75, 3.05) is 0 Å².